The van der Waals surface area contributed by atoms with Gasteiger partial charge in [-0.3, -0.25) is 0 Å². The summed E-state index contributed by atoms with van der Waals surface area (Å²) in [6.45, 7) is 4.32. The Kier molecular flexibility index (Phi) is 4.63. The molecule has 0 bridgehead atoms. The normalized spacial score (nSPS) is 15.1. The number of aliphatic hydroxyl groups is 1. The van der Waals surface area contributed by atoms with Crippen molar-refractivity contribution in [1.82, 2.24) is 5.32 Å². The minimum absolute atomic E-state index is 0.153. The molecule has 0 radical (unpaired) electrons. The van der Waals surface area contributed by atoms with Gasteiger partial charge in [-0.05, 0) is 18.9 Å². The first-order valence-corrected chi connectivity index (χ1v) is 5.19. The molecule has 0 unspecified atom stereocenters. The second-order valence-corrected chi connectivity index (χ2v) is 3.62. The molecule has 1 aromatic carbocycles. The molecule has 0 aliphatic rings. The first-order valence-electron chi connectivity index (χ1n) is 5.19. The Balaban J connectivity index is 2.63. The molecule has 0 saturated carbocycles. The van der Waals surface area contributed by atoms with E-state index in [4.69, 9.17) is 5.11 Å². The van der Waals surface area contributed by atoms with Crippen LogP contribution in [0.2, 0.25) is 0 Å². The lowest BCUT2D eigenvalue weighted by Gasteiger charge is -2.21. The van der Waals surface area contributed by atoms with Gasteiger partial charge in [-0.1, -0.05) is 37.3 Å². The van der Waals surface area contributed by atoms with E-state index in [0.29, 0.717) is 6.04 Å². The Morgan fingerprint density at radius 2 is 1.93 bits per heavy atom. The van der Waals surface area contributed by atoms with Crippen LogP contribution in [0.25, 0.3) is 0 Å². The number of nitrogens with one attached hydrogen (secondary N) is 1. The zero-order chi connectivity index (χ0) is 10.4. The van der Waals surface area contributed by atoms with Crippen LogP contribution in [0.3, 0.4) is 0 Å². The van der Waals surface area contributed by atoms with E-state index in [0.717, 1.165) is 6.42 Å². The van der Waals surface area contributed by atoms with E-state index in [-0.39, 0.29) is 12.6 Å². The highest BCUT2D eigenvalue weighted by Crippen LogP contribution is 2.16. The Hall–Kier alpha value is -0.860. The van der Waals surface area contributed by atoms with Crippen LogP contribution >= 0.6 is 0 Å². The van der Waals surface area contributed by atoms with Gasteiger partial charge in [0.2, 0.25) is 0 Å². The summed E-state index contributed by atoms with van der Waals surface area (Å²) in [7, 11) is 0. The van der Waals surface area contributed by atoms with Gasteiger partial charge < -0.3 is 10.4 Å². The van der Waals surface area contributed by atoms with E-state index in [1.807, 2.05) is 25.1 Å². The maximum atomic E-state index is 8.96. The minimum Gasteiger partial charge on any atom is -0.395 e. The molecule has 0 spiro atoms. The summed E-state index contributed by atoms with van der Waals surface area (Å²) in [5.74, 6) is 0. The van der Waals surface area contributed by atoms with Crippen LogP contribution in [0.5, 0.6) is 0 Å². The molecule has 0 heterocycles. The van der Waals surface area contributed by atoms with Gasteiger partial charge in [0.05, 0.1) is 6.61 Å². The molecule has 1 aromatic rings. The van der Waals surface area contributed by atoms with E-state index in [1.54, 1.807) is 0 Å². The lowest BCUT2D eigenvalue weighted by Crippen LogP contribution is -2.32. The average molecular weight is 193 g/mol. The summed E-state index contributed by atoms with van der Waals surface area (Å²) in [6.07, 6.45) is 1.04. The first kappa shape index (κ1) is 11.2. The fourth-order valence-corrected chi connectivity index (χ4v) is 1.53. The van der Waals surface area contributed by atoms with Crippen molar-refractivity contribution in [3.05, 3.63) is 35.9 Å². The van der Waals surface area contributed by atoms with E-state index in [1.165, 1.54) is 5.56 Å². The molecule has 1 rings (SSSR count). The molecule has 78 valence electrons. The van der Waals surface area contributed by atoms with Gasteiger partial charge in [-0.15, -0.1) is 0 Å². The third-order valence-electron chi connectivity index (χ3n) is 2.37. The van der Waals surface area contributed by atoms with E-state index >= 15 is 0 Å². The van der Waals surface area contributed by atoms with Crippen molar-refractivity contribution in [3.8, 4) is 0 Å². The fourth-order valence-electron chi connectivity index (χ4n) is 1.53. The predicted octanol–water partition coefficient (Wildman–Crippen LogP) is 2.11. The molecular formula is C12H19NO. The van der Waals surface area contributed by atoms with E-state index in [9.17, 15) is 0 Å². The second kappa shape index (κ2) is 5.78. The molecule has 2 atom stereocenters. The van der Waals surface area contributed by atoms with Gasteiger partial charge in [0, 0.05) is 12.1 Å². The molecular weight excluding hydrogens is 174 g/mol. The molecule has 2 heteroatoms. The van der Waals surface area contributed by atoms with Crippen LogP contribution in [-0.2, 0) is 0 Å². The Morgan fingerprint density at radius 1 is 1.29 bits per heavy atom. The Bertz CT molecular complexity index is 248. The molecule has 0 saturated heterocycles. The van der Waals surface area contributed by atoms with Gasteiger partial charge >= 0.3 is 0 Å². The third kappa shape index (κ3) is 3.13. The molecule has 0 aliphatic carbocycles. The number of hydrogen-bond donors (Lipinski definition) is 2. The fraction of sp³-hybridized carbons (Fsp3) is 0.500. The number of aliphatic hydroxyl groups excluding tert-OH is 1. The largest absolute Gasteiger partial charge is 0.395 e. The summed E-state index contributed by atoms with van der Waals surface area (Å²) in [5, 5.41) is 12.3. The van der Waals surface area contributed by atoms with Gasteiger partial charge in [0.15, 0.2) is 0 Å². The van der Waals surface area contributed by atoms with Gasteiger partial charge in [0.25, 0.3) is 0 Å². The average Bonchev–Trinajstić information content (AvgIpc) is 2.26. The van der Waals surface area contributed by atoms with Crippen LogP contribution in [0.15, 0.2) is 30.3 Å². The van der Waals surface area contributed by atoms with Gasteiger partial charge in [-0.25, -0.2) is 0 Å². The van der Waals surface area contributed by atoms with Crippen molar-refractivity contribution in [3.63, 3.8) is 0 Å². The number of rotatable bonds is 5. The zero-order valence-corrected chi connectivity index (χ0v) is 8.90. The van der Waals surface area contributed by atoms with Gasteiger partial charge in [0.1, 0.15) is 0 Å². The zero-order valence-electron chi connectivity index (χ0n) is 8.90. The molecule has 0 aliphatic heterocycles. The summed E-state index contributed by atoms with van der Waals surface area (Å²) < 4.78 is 0. The smallest absolute Gasteiger partial charge is 0.0582 e. The SMILES string of the molecule is CC[C@H](N[C@@H](C)CO)c1ccccc1. The van der Waals surface area contributed by atoms with Crippen molar-refractivity contribution >= 4 is 0 Å². The van der Waals surface area contributed by atoms with Crippen LogP contribution in [0.1, 0.15) is 31.9 Å². The summed E-state index contributed by atoms with van der Waals surface area (Å²) in [4.78, 5) is 0. The molecule has 0 fully saturated rings. The van der Waals surface area contributed by atoms with Gasteiger partial charge in [-0.2, -0.15) is 0 Å². The maximum Gasteiger partial charge on any atom is 0.0582 e. The molecule has 2 nitrogen and oxygen atoms in total. The summed E-state index contributed by atoms with van der Waals surface area (Å²) in [5.41, 5.74) is 1.29. The highest BCUT2D eigenvalue weighted by atomic mass is 16.3. The van der Waals surface area contributed by atoms with Crippen molar-refractivity contribution in [1.29, 1.82) is 0 Å². The van der Waals surface area contributed by atoms with Crippen molar-refractivity contribution in [2.45, 2.75) is 32.4 Å². The third-order valence-corrected chi connectivity index (χ3v) is 2.37. The lowest BCUT2D eigenvalue weighted by atomic mass is 10.0. The van der Waals surface area contributed by atoms with Crippen LogP contribution in [-0.4, -0.2) is 17.8 Å². The minimum atomic E-state index is 0.153. The standard InChI is InChI=1S/C12H19NO/c1-3-12(13-10(2)9-14)11-7-5-4-6-8-11/h4-8,10,12-14H,3,9H2,1-2H3/t10-,12-/m0/s1. The second-order valence-electron chi connectivity index (χ2n) is 3.62. The Morgan fingerprint density at radius 3 is 2.43 bits per heavy atom. The monoisotopic (exact) mass is 193 g/mol. The lowest BCUT2D eigenvalue weighted by molar-refractivity contribution is 0.239. The Labute approximate surface area is 86.0 Å². The topological polar surface area (TPSA) is 32.3 Å². The number of benzene rings is 1. The van der Waals surface area contributed by atoms with E-state index < -0.39 is 0 Å². The van der Waals surface area contributed by atoms with Crippen LogP contribution in [0, 0.1) is 0 Å². The highest BCUT2D eigenvalue weighted by Gasteiger charge is 2.10. The first-order chi connectivity index (χ1) is 6.77. The quantitative estimate of drug-likeness (QED) is 0.750. The van der Waals surface area contributed by atoms with Crippen molar-refractivity contribution in [2.24, 2.45) is 0 Å². The molecule has 0 amide bonds. The van der Waals surface area contributed by atoms with Crippen molar-refractivity contribution < 1.29 is 5.11 Å². The predicted molar refractivity (Wildman–Crippen MR) is 59.2 cm³/mol. The molecule has 2 N–H and O–H groups in total. The number of hydrogen-bond acceptors (Lipinski definition) is 2. The van der Waals surface area contributed by atoms with Crippen molar-refractivity contribution in [2.75, 3.05) is 6.61 Å². The summed E-state index contributed by atoms with van der Waals surface area (Å²) in [6, 6.07) is 10.8. The molecule has 14 heavy (non-hydrogen) atoms. The van der Waals surface area contributed by atoms with E-state index in [2.05, 4.69) is 24.4 Å². The highest BCUT2D eigenvalue weighted by molar-refractivity contribution is 5.18. The maximum absolute atomic E-state index is 8.96. The van der Waals surface area contributed by atoms with Crippen LogP contribution < -0.4 is 5.32 Å². The molecule has 0 aromatic heterocycles. The summed E-state index contributed by atoms with van der Waals surface area (Å²) >= 11 is 0. The van der Waals surface area contributed by atoms with Crippen LogP contribution in [0.4, 0.5) is 0 Å².